The number of carbonyl (C=O) groups excluding carboxylic acids is 1. The van der Waals surface area contributed by atoms with E-state index in [1.165, 1.54) is 6.26 Å². The number of imidazole rings is 1. The van der Waals surface area contributed by atoms with Crippen molar-refractivity contribution in [1.29, 1.82) is 0 Å². The molecule has 1 amide bonds. The number of rotatable bonds is 4. The van der Waals surface area contributed by atoms with E-state index in [-0.39, 0.29) is 5.91 Å². The van der Waals surface area contributed by atoms with E-state index in [1.807, 2.05) is 29.3 Å². The van der Waals surface area contributed by atoms with Gasteiger partial charge in [-0.05, 0) is 31.7 Å². The van der Waals surface area contributed by atoms with Crippen LogP contribution in [-0.2, 0) is 6.54 Å². The topological polar surface area (TPSA) is 51.3 Å². The zero-order chi connectivity index (χ0) is 17.9. The number of hydrogen-bond donors (Lipinski definition) is 0. The van der Waals surface area contributed by atoms with Gasteiger partial charge in [0.15, 0.2) is 0 Å². The van der Waals surface area contributed by atoms with Gasteiger partial charge in [0, 0.05) is 37.1 Å². The predicted molar refractivity (Wildman–Crippen MR) is 99.7 cm³/mol. The molecule has 1 aliphatic rings. The summed E-state index contributed by atoms with van der Waals surface area (Å²) in [7, 11) is 0. The molecule has 1 aliphatic heterocycles. The lowest BCUT2D eigenvalue weighted by atomic mass is 9.97. The van der Waals surface area contributed by atoms with Crippen LogP contribution in [0.4, 0.5) is 0 Å². The molecule has 1 fully saturated rings. The summed E-state index contributed by atoms with van der Waals surface area (Å²) in [6, 6.07) is 12.0. The zero-order valence-corrected chi connectivity index (χ0v) is 15.0. The third-order valence-electron chi connectivity index (χ3n) is 5.10. The number of furan rings is 1. The minimum absolute atomic E-state index is 0.0640. The Labute approximate surface area is 153 Å². The van der Waals surface area contributed by atoms with Crippen LogP contribution in [0.3, 0.4) is 0 Å². The number of hydrogen-bond acceptors (Lipinski definition) is 3. The summed E-state index contributed by atoms with van der Waals surface area (Å²) < 4.78 is 7.34. The Morgan fingerprint density at radius 2 is 2.12 bits per heavy atom. The number of amides is 1. The largest absolute Gasteiger partial charge is 0.472 e. The molecule has 3 heterocycles. The summed E-state index contributed by atoms with van der Waals surface area (Å²) in [6.07, 6.45) is 7.17. The molecule has 1 saturated heterocycles. The van der Waals surface area contributed by atoms with Crippen LogP contribution in [0.2, 0.25) is 0 Å². The fourth-order valence-electron chi connectivity index (χ4n) is 3.73. The van der Waals surface area contributed by atoms with Gasteiger partial charge in [0.2, 0.25) is 0 Å². The quantitative estimate of drug-likeness (QED) is 0.715. The maximum atomic E-state index is 12.6. The molecule has 0 N–H and O–H groups in total. The SMILES string of the molecule is Cc1cnc(-c2ccccc2)n1CC1CCCN(C(=O)c2ccoc2)C1. The second-order valence-electron chi connectivity index (χ2n) is 6.97. The minimum Gasteiger partial charge on any atom is -0.472 e. The monoisotopic (exact) mass is 349 g/mol. The van der Waals surface area contributed by atoms with Crippen LogP contribution in [0.25, 0.3) is 11.4 Å². The summed E-state index contributed by atoms with van der Waals surface area (Å²) in [6.45, 7) is 4.56. The molecule has 0 bridgehead atoms. The number of carbonyl (C=O) groups is 1. The van der Waals surface area contributed by atoms with Crippen molar-refractivity contribution in [1.82, 2.24) is 14.5 Å². The zero-order valence-electron chi connectivity index (χ0n) is 15.0. The molecule has 0 spiro atoms. The smallest absolute Gasteiger partial charge is 0.257 e. The van der Waals surface area contributed by atoms with Gasteiger partial charge >= 0.3 is 0 Å². The first-order valence-electron chi connectivity index (χ1n) is 9.11. The maximum absolute atomic E-state index is 12.6. The Kier molecular flexibility index (Phi) is 4.61. The van der Waals surface area contributed by atoms with E-state index in [9.17, 15) is 4.79 Å². The van der Waals surface area contributed by atoms with Gasteiger partial charge in [-0.2, -0.15) is 0 Å². The van der Waals surface area contributed by atoms with Crippen LogP contribution in [-0.4, -0.2) is 33.4 Å². The molecule has 3 aromatic rings. The molecule has 1 atom stereocenters. The summed E-state index contributed by atoms with van der Waals surface area (Å²) in [4.78, 5) is 19.2. The van der Waals surface area contributed by atoms with Crippen LogP contribution in [0, 0.1) is 12.8 Å². The van der Waals surface area contributed by atoms with Gasteiger partial charge in [-0.1, -0.05) is 30.3 Å². The van der Waals surface area contributed by atoms with Crippen molar-refractivity contribution in [2.24, 2.45) is 5.92 Å². The molecule has 5 nitrogen and oxygen atoms in total. The number of aryl methyl sites for hydroxylation is 1. The summed E-state index contributed by atoms with van der Waals surface area (Å²) in [5.41, 5.74) is 2.92. The molecule has 0 radical (unpaired) electrons. The van der Waals surface area contributed by atoms with Crippen LogP contribution in [0.1, 0.15) is 28.9 Å². The number of nitrogens with zero attached hydrogens (tertiary/aromatic N) is 3. The van der Waals surface area contributed by atoms with Crippen molar-refractivity contribution >= 4 is 5.91 Å². The Morgan fingerprint density at radius 1 is 1.27 bits per heavy atom. The fraction of sp³-hybridized carbons (Fsp3) is 0.333. The lowest BCUT2D eigenvalue weighted by Gasteiger charge is -2.33. The highest BCUT2D eigenvalue weighted by Gasteiger charge is 2.26. The van der Waals surface area contributed by atoms with Crippen LogP contribution < -0.4 is 0 Å². The molecular weight excluding hydrogens is 326 g/mol. The van der Waals surface area contributed by atoms with Gasteiger partial charge in [0.05, 0.1) is 11.8 Å². The van der Waals surface area contributed by atoms with Crippen LogP contribution in [0.15, 0.2) is 59.5 Å². The summed E-state index contributed by atoms with van der Waals surface area (Å²) >= 11 is 0. The molecule has 2 aromatic heterocycles. The van der Waals surface area contributed by atoms with Crippen LogP contribution in [0.5, 0.6) is 0 Å². The Morgan fingerprint density at radius 3 is 2.88 bits per heavy atom. The van der Waals surface area contributed by atoms with Gasteiger partial charge in [-0.15, -0.1) is 0 Å². The fourth-order valence-corrected chi connectivity index (χ4v) is 3.73. The first kappa shape index (κ1) is 16.6. The van der Waals surface area contributed by atoms with E-state index in [1.54, 1.807) is 12.3 Å². The van der Waals surface area contributed by atoms with Crippen LogP contribution >= 0.6 is 0 Å². The number of benzene rings is 1. The molecule has 4 rings (SSSR count). The van der Waals surface area contributed by atoms with Gasteiger partial charge in [0.25, 0.3) is 5.91 Å². The maximum Gasteiger partial charge on any atom is 0.257 e. The van der Waals surface area contributed by atoms with Crippen molar-refractivity contribution in [3.63, 3.8) is 0 Å². The molecule has 1 unspecified atom stereocenters. The first-order valence-corrected chi connectivity index (χ1v) is 9.11. The van der Waals surface area contributed by atoms with Gasteiger partial charge < -0.3 is 13.9 Å². The number of likely N-dealkylation sites (tertiary alicyclic amines) is 1. The average Bonchev–Trinajstić information content (AvgIpc) is 3.33. The van der Waals surface area contributed by atoms with E-state index in [2.05, 4.69) is 28.6 Å². The number of aromatic nitrogens is 2. The summed E-state index contributed by atoms with van der Waals surface area (Å²) in [5.74, 6) is 1.49. The molecule has 5 heteroatoms. The molecule has 134 valence electrons. The lowest BCUT2D eigenvalue weighted by Crippen LogP contribution is -2.41. The second-order valence-corrected chi connectivity index (χ2v) is 6.97. The normalized spacial score (nSPS) is 17.4. The van der Waals surface area contributed by atoms with Crippen molar-refractivity contribution in [2.45, 2.75) is 26.3 Å². The minimum atomic E-state index is 0.0640. The van der Waals surface area contributed by atoms with Gasteiger partial charge in [0.1, 0.15) is 12.1 Å². The number of piperidine rings is 1. The Hall–Kier alpha value is -2.82. The Balaban J connectivity index is 1.51. The Bertz CT molecular complexity index is 868. The highest BCUT2D eigenvalue weighted by molar-refractivity contribution is 5.93. The highest BCUT2D eigenvalue weighted by atomic mass is 16.3. The molecular formula is C21H23N3O2. The molecule has 26 heavy (non-hydrogen) atoms. The van der Waals surface area contributed by atoms with Crippen molar-refractivity contribution in [2.75, 3.05) is 13.1 Å². The van der Waals surface area contributed by atoms with E-state index >= 15 is 0 Å². The molecule has 1 aromatic carbocycles. The molecule has 0 aliphatic carbocycles. The predicted octanol–water partition coefficient (Wildman–Crippen LogP) is 4.00. The second kappa shape index (κ2) is 7.20. The lowest BCUT2D eigenvalue weighted by molar-refractivity contribution is 0.0661. The van der Waals surface area contributed by atoms with E-state index in [0.717, 1.165) is 49.6 Å². The van der Waals surface area contributed by atoms with Gasteiger partial charge in [-0.25, -0.2) is 4.98 Å². The standard InChI is InChI=1S/C21H23N3O2/c1-16-12-22-20(18-7-3-2-4-8-18)24(16)14-17-6-5-10-23(13-17)21(25)19-9-11-26-15-19/h2-4,7-9,11-12,15,17H,5-6,10,13-14H2,1H3. The van der Waals surface area contributed by atoms with Crippen molar-refractivity contribution in [3.8, 4) is 11.4 Å². The third-order valence-corrected chi connectivity index (χ3v) is 5.10. The summed E-state index contributed by atoms with van der Waals surface area (Å²) in [5, 5.41) is 0. The first-order chi connectivity index (χ1) is 12.7. The van der Waals surface area contributed by atoms with E-state index in [4.69, 9.17) is 4.42 Å². The molecule has 0 saturated carbocycles. The van der Waals surface area contributed by atoms with E-state index < -0.39 is 0 Å². The van der Waals surface area contributed by atoms with E-state index in [0.29, 0.717) is 11.5 Å². The third kappa shape index (κ3) is 3.29. The van der Waals surface area contributed by atoms with Gasteiger partial charge in [-0.3, -0.25) is 4.79 Å². The highest BCUT2D eigenvalue weighted by Crippen LogP contribution is 2.25. The van der Waals surface area contributed by atoms with Crippen molar-refractivity contribution < 1.29 is 9.21 Å². The average molecular weight is 349 g/mol. The van der Waals surface area contributed by atoms with Crippen molar-refractivity contribution in [3.05, 3.63) is 66.4 Å².